The van der Waals surface area contributed by atoms with Crippen LogP contribution in [0.3, 0.4) is 0 Å². The summed E-state index contributed by atoms with van der Waals surface area (Å²) < 4.78 is 5.91. The highest BCUT2D eigenvalue weighted by Gasteiger charge is 2.13. The maximum Gasteiger partial charge on any atom is 0.119 e. The molecular formula is C27H31NO2. The smallest absolute Gasteiger partial charge is 0.119 e. The zero-order valence-corrected chi connectivity index (χ0v) is 18.1. The van der Waals surface area contributed by atoms with Gasteiger partial charge in [-0.1, -0.05) is 61.5 Å². The van der Waals surface area contributed by atoms with E-state index in [9.17, 15) is 5.11 Å². The molecule has 0 aliphatic heterocycles. The molecule has 0 fully saturated rings. The lowest BCUT2D eigenvalue weighted by molar-refractivity contribution is 0.281. The first-order chi connectivity index (χ1) is 14.6. The molecule has 0 spiro atoms. The first-order valence-electron chi connectivity index (χ1n) is 10.5. The van der Waals surface area contributed by atoms with Gasteiger partial charge in [0.2, 0.25) is 0 Å². The van der Waals surface area contributed by atoms with Gasteiger partial charge in [-0.2, -0.15) is 0 Å². The molecule has 0 amide bonds. The van der Waals surface area contributed by atoms with Gasteiger partial charge in [0.15, 0.2) is 0 Å². The second kappa shape index (κ2) is 10.7. The van der Waals surface area contributed by atoms with Crippen molar-refractivity contribution in [3.8, 4) is 11.5 Å². The lowest BCUT2D eigenvalue weighted by atomic mass is 9.88. The van der Waals surface area contributed by atoms with Crippen LogP contribution in [0.1, 0.15) is 36.5 Å². The molecule has 0 unspecified atom stereocenters. The van der Waals surface area contributed by atoms with Crippen LogP contribution >= 0.6 is 0 Å². The first-order valence-corrected chi connectivity index (χ1v) is 10.5. The lowest BCUT2D eigenvalue weighted by Crippen LogP contribution is -2.15. The van der Waals surface area contributed by atoms with Gasteiger partial charge in [-0.25, -0.2) is 0 Å². The highest BCUT2D eigenvalue weighted by atomic mass is 16.5. The standard InChI is InChI=1S/C27H31NO2/c1-4-26(21-9-6-5-7-10-21)27(22-11-15-24(29)16-12-22)23-13-17-25(18-14-23)30-20-8-19-28(2)3/h5-7,9-18,29H,4,8,19-20H2,1-3H3/b27-26+. The third-order valence-electron chi connectivity index (χ3n) is 5.09. The molecule has 156 valence electrons. The summed E-state index contributed by atoms with van der Waals surface area (Å²) in [6.07, 6.45) is 1.91. The maximum absolute atomic E-state index is 9.76. The van der Waals surface area contributed by atoms with Crippen LogP contribution in [0.5, 0.6) is 11.5 Å². The summed E-state index contributed by atoms with van der Waals surface area (Å²) >= 11 is 0. The van der Waals surface area contributed by atoms with E-state index in [0.29, 0.717) is 6.61 Å². The Kier molecular flexibility index (Phi) is 7.69. The molecule has 3 nitrogen and oxygen atoms in total. The topological polar surface area (TPSA) is 32.7 Å². The molecule has 0 atom stereocenters. The van der Waals surface area contributed by atoms with Gasteiger partial charge in [0.05, 0.1) is 6.61 Å². The highest BCUT2D eigenvalue weighted by Crippen LogP contribution is 2.35. The van der Waals surface area contributed by atoms with E-state index in [2.05, 4.69) is 62.3 Å². The molecule has 0 heterocycles. The van der Waals surface area contributed by atoms with Crippen molar-refractivity contribution in [2.45, 2.75) is 19.8 Å². The van der Waals surface area contributed by atoms with Crippen LogP contribution in [0.4, 0.5) is 0 Å². The molecule has 3 heteroatoms. The number of hydrogen-bond donors (Lipinski definition) is 1. The highest BCUT2D eigenvalue weighted by molar-refractivity contribution is 5.98. The fourth-order valence-electron chi connectivity index (χ4n) is 3.60. The summed E-state index contributed by atoms with van der Waals surface area (Å²) in [5.41, 5.74) is 5.91. The van der Waals surface area contributed by atoms with E-state index in [0.717, 1.165) is 36.3 Å². The molecule has 0 saturated carbocycles. The summed E-state index contributed by atoms with van der Waals surface area (Å²) in [5, 5.41) is 9.76. The molecule has 1 N–H and O–H groups in total. The van der Waals surface area contributed by atoms with Crippen molar-refractivity contribution in [2.24, 2.45) is 0 Å². The van der Waals surface area contributed by atoms with Crippen molar-refractivity contribution in [1.29, 1.82) is 0 Å². The number of phenols is 1. The zero-order valence-electron chi connectivity index (χ0n) is 18.1. The Labute approximate surface area is 180 Å². The summed E-state index contributed by atoms with van der Waals surface area (Å²) in [5.74, 6) is 1.16. The van der Waals surface area contributed by atoms with Crippen molar-refractivity contribution in [1.82, 2.24) is 4.90 Å². The number of allylic oxidation sites excluding steroid dienone is 1. The van der Waals surface area contributed by atoms with Gasteiger partial charge in [-0.3, -0.25) is 0 Å². The largest absolute Gasteiger partial charge is 0.508 e. The molecule has 0 radical (unpaired) electrons. The number of hydrogen-bond acceptors (Lipinski definition) is 3. The molecule has 3 rings (SSSR count). The average molecular weight is 402 g/mol. The number of ether oxygens (including phenoxy) is 1. The van der Waals surface area contributed by atoms with Gasteiger partial charge in [0.25, 0.3) is 0 Å². The van der Waals surface area contributed by atoms with E-state index < -0.39 is 0 Å². The van der Waals surface area contributed by atoms with Crippen LogP contribution in [0.15, 0.2) is 78.9 Å². The van der Waals surface area contributed by atoms with Gasteiger partial charge in [0, 0.05) is 6.54 Å². The van der Waals surface area contributed by atoms with E-state index >= 15 is 0 Å². The Morgan fingerprint density at radius 3 is 1.97 bits per heavy atom. The Morgan fingerprint density at radius 2 is 1.40 bits per heavy atom. The van der Waals surface area contributed by atoms with E-state index in [1.165, 1.54) is 16.7 Å². The fourth-order valence-corrected chi connectivity index (χ4v) is 3.60. The first kappa shape index (κ1) is 21.7. The predicted molar refractivity (Wildman–Crippen MR) is 126 cm³/mol. The minimum Gasteiger partial charge on any atom is -0.508 e. The normalized spacial score (nSPS) is 12.0. The summed E-state index contributed by atoms with van der Waals surface area (Å²) in [6, 6.07) is 26.3. The predicted octanol–water partition coefficient (Wildman–Crippen LogP) is 6.09. The molecule has 0 saturated heterocycles. The number of nitrogens with zero attached hydrogens (tertiary/aromatic N) is 1. The average Bonchev–Trinajstić information content (AvgIpc) is 2.77. The fraction of sp³-hybridized carbons (Fsp3) is 0.259. The van der Waals surface area contributed by atoms with Crippen molar-refractivity contribution in [3.63, 3.8) is 0 Å². The van der Waals surface area contributed by atoms with Crippen molar-refractivity contribution in [3.05, 3.63) is 95.6 Å². The molecule has 0 aromatic heterocycles. The van der Waals surface area contributed by atoms with Gasteiger partial charge in [-0.15, -0.1) is 0 Å². The minimum atomic E-state index is 0.275. The second-order valence-electron chi connectivity index (χ2n) is 7.65. The quantitative estimate of drug-likeness (QED) is 0.348. The van der Waals surface area contributed by atoms with Crippen LogP contribution in [0.25, 0.3) is 11.1 Å². The third-order valence-corrected chi connectivity index (χ3v) is 5.09. The van der Waals surface area contributed by atoms with Crippen LogP contribution in [0, 0.1) is 0 Å². The molecular weight excluding hydrogens is 370 g/mol. The zero-order chi connectivity index (χ0) is 21.3. The van der Waals surface area contributed by atoms with Crippen LogP contribution in [-0.2, 0) is 0 Å². The number of rotatable bonds is 9. The maximum atomic E-state index is 9.76. The monoisotopic (exact) mass is 401 g/mol. The van der Waals surface area contributed by atoms with Gasteiger partial charge >= 0.3 is 0 Å². The Bertz CT molecular complexity index is 942. The van der Waals surface area contributed by atoms with E-state index in [-0.39, 0.29) is 5.75 Å². The van der Waals surface area contributed by atoms with Crippen LogP contribution in [-0.4, -0.2) is 37.3 Å². The third kappa shape index (κ3) is 5.74. The van der Waals surface area contributed by atoms with Crippen molar-refractivity contribution in [2.75, 3.05) is 27.2 Å². The van der Waals surface area contributed by atoms with E-state index in [1.807, 2.05) is 30.3 Å². The molecule has 0 bridgehead atoms. The second-order valence-corrected chi connectivity index (χ2v) is 7.65. The molecule has 0 aliphatic carbocycles. The summed E-state index contributed by atoms with van der Waals surface area (Å²) in [7, 11) is 4.15. The SMILES string of the molecule is CC/C(=C(/c1ccc(O)cc1)c1ccc(OCCCN(C)C)cc1)c1ccccc1. The number of benzene rings is 3. The molecule has 30 heavy (non-hydrogen) atoms. The number of phenolic OH excluding ortho intramolecular Hbond substituents is 1. The van der Waals surface area contributed by atoms with Crippen molar-refractivity contribution >= 4 is 11.1 Å². The Morgan fingerprint density at radius 1 is 0.800 bits per heavy atom. The summed E-state index contributed by atoms with van der Waals surface area (Å²) in [6.45, 7) is 3.91. The molecule has 0 aliphatic rings. The van der Waals surface area contributed by atoms with Gasteiger partial charge in [0.1, 0.15) is 11.5 Å². The Balaban J connectivity index is 1.95. The minimum absolute atomic E-state index is 0.275. The van der Waals surface area contributed by atoms with E-state index in [1.54, 1.807) is 12.1 Å². The summed E-state index contributed by atoms with van der Waals surface area (Å²) in [4.78, 5) is 2.16. The van der Waals surface area contributed by atoms with E-state index in [4.69, 9.17) is 4.74 Å². The van der Waals surface area contributed by atoms with Crippen LogP contribution in [0.2, 0.25) is 0 Å². The molecule has 3 aromatic rings. The lowest BCUT2D eigenvalue weighted by Gasteiger charge is -2.17. The van der Waals surface area contributed by atoms with Gasteiger partial charge < -0.3 is 14.7 Å². The van der Waals surface area contributed by atoms with Crippen molar-refractivity contribution < 1.29 is 9.84 Å². The van der Waals surface area contributed by atoms with Crippen LogP contribution < -0.4 is 4.74 Å². The van der Waals surface area contributed by atoms with Gasteiger partial charge in [-0.05, 0) is 79.0 Å². The molecule has 3 aromatic carbocycles. The Hall–Kier alpha value is -3.04. The number of aromatic hydroxyl groups is 1.